The predicted octanol–water partition coefficient (Wildman–Crippen LogP) is 3.39. The van der Waals surface area contributed by atoms with E-state index in [1.54, 1.807) is 0 Å². The Morgan fingerprint density at radius 3 is 2.92 bits per heavy atom. The summed E-state index contributed by atoms with van der Waals surface area (Å²) in [6.45, 7) is 2.84. The van der Waals surface area contributed by atoms with Crippen LogP contribution in [0.5, 0.6) is 5.75 Å². The normalized spacial score (nSPS) is 12.5. The molecule has 0 spiro atoms. The average molecular weight is 261 g/mol. The second-order valence-electron chi connectivity index (χ2n) is 3.06. The van der Waals surface area contributed by atoms with Crippen molar-refractivity contribution in [2.24, 2.45) is 5.92 Å². The molecule has 0 bridgehead atoms. The van der Waals surface area contributed by atoms with Crippen LogP contribution in [0.25, 0.3) is 0 Å². The van der Waals surface area contributed by atoms with Gasteiger partial charge in [-0.25, -0.2) is 0 Å². The first kappa shape index (κ1) is 10.9. The first-order chi connectivity index (χ1) is 6.22. The fourth-order valence-electron chi connectivity index (χ4n) is 0.848. The van der Waals surface area contributed by atoms with Crippen molar-refractivity contribution in [2.45, 2.75) is 6.92 Å². The highest BCUT2D eigenvalue weighted by atomic mass is 79.9. The van der Waals surface area contributed by atoms with Crippen LogP contribution in [-0.4, -0.2) is 12.4 Å². The third-order valence-corrected chi connectivity index (χ3v) is 2.76. The molecule has 1 rings (SSSR count). The van der Waals surface area contributed by atoms with Crippen molar-refractivity contribution in [2.75, 3.05) is 12.4 Å². The van der Waals surface area contributed by atoms with Crippen LogP contribution in [0.1, 0.15) is 6.92 Å². The Morgan fingerprint density at radius 2 is 2.31 bits per heavy atom. The Kier molecular flexibility index (Phi) is 4.67. The predicted molar refractivity (Wildman–Crippen MR) is 62.7 cm³/mol. The molecule has 72 valence electrons. The molecular formula is C10H13BrOS. The minimum absolute atomic E-state index is 0.488. The molecule has 1 unspecified atom stereocenters. The molecule has 0 N–H and O–H groups in total. The zero-order chi connectivity index (χ0) is 9.68. The summed E-state index contributed by atoms with van der Waals surface area (Å²) in [5.74, 6) is 2.25. The fraction of sp³-hybridized carbons (Fsp3) is 0.400. The molecule has 1 atom stereocenters. The third-order valence-electron chi connectivity index (χ3n) is 1.64. The standard InChI is InChI=1S/C10H13BrOS/c1-8(7-13)6-12-10-4-2-3-9(11)5-10/h2-5,8,13H,6-7H2,1H3. The van der Waals surface area contributed by atoms with Gasteiger partial charge in [0.15, 0.2) is 0 Å². The van der Waals surface area contributed by atoms with Crippen molar-refractivity contribution in [1.29, 1.82) is 0 Å². The van der Waals surface area contributed by atoms with E-state index in [1.807, 2.05) is 24.3 Å². The highest BCUT2D eigenvalue weighted by Gasteiger charge is 2.00. The van der Waals surface area contributed by atoms with Crippen molar-refractivity contribution < 1.29 is 4.74 Å². The first-order valence-corrected chi connectivity index (χ1v) is 5.64. The largest absolute Gasteiger partial charge is 0.493 e. The minimum atomic E-state index is 0.488. The number of ether oxygens (including phenoxy) is 1. The molecule has 1 nitrogen and oxygen atoms in total. The van der Waals surface area contributed by atoms with Crippen LogP contribution in [-0.2, 0) is 0 Å². The summed E-state index contributed by atoms with van der Waals surface area (Å²) in [4.78, 5) is 0. The van der Waals surface area contributed by atoms with E-state index in [9.17, 15) is 0 Å². The van der Waals surface area contributed by atoms with Crippen molar-refractivity contribution >= 4 is 28.6 Å². The van der Waals surface area contributed by atoms with E-state index in [0.29, 0.717) is 5.92 Å². The summed E-state index contributed by atoms with van der Waals surface area (Å²) in [5, 5.41) is 0. The molecule has 0 heterocycles. The lowest BCUT2D eigenvalue weighted by Crippen LogP contribution is -2.09. The van der Waals surface area contributed by atoms with Gasteiger partial charge < -0.3 is 4.74 Å². The molecule has 13 heavy (non-hydrogen) atoms. The SMILES string of the molecule is CC(CS)COc1cccc(Br)c1. The lowest BCUT2D eigenvalue weighted by atomic mass is 10.2. The molecular weight excluding hydrogens is 248 g/mol. The highest BCUT2D eigenvalue weighted by Crippen LogP contribution is 2.18. The van der Waals surface area contributed by atoms with Gasteiger partial charge in [0.1, 0.15) is 5.75 Å². The summed E-state index contributed by atoms with van der Waals surface area (Å²) >= 11 is 7.58. The summed E-state index contributed by atoms with van der Waals surface area (Å²) in [7, 11) is 0. The van der Waals surface area contributed by atoms with E-state index in [0.717, 1.165) is 22.6 Å². The summed E-state index contributed by atoms with van der Waals surface area (Å²) < 4.78 is 6.61. The number of benzene rings is 1. The van der Waals surface area contributed by atoms with Gasteiger partial charge in [-0.05, 0) is 29.9 Å². The Hall–Kier alpha value is -0.150. The molecule has 0 radical (unpaired) electrons. The maximum atomic E-state index is 5.56. The van der Waals surface area contributed by atoms with Crippen LogP contribution in [0.3, 0.4) is 0 Å². The number of hydrogen-bond donors (Lipinski definition) is 1. The lowest BCUT2D eigenvalue weighted by Gasteiger charge is -2.10. The maximum Gasteiger partial charge on any atom is 0.120 e. The molecule has 0 aromatic heterocycles. The molecule has 1 aromatic carbocycles. The number of hydrogen-bond acceptors (Lipinski definition) is 2. The summed E-state index contributed by atoms with van der Waals surface area (Å²) in [6, 6.07) is 7.86. The number of rotatable bonds is 4. The van der Waals surface area contributed by atoms with E-state index in [1.165, 1.54) is 0 Å². The van der Waals surface area contributed by atoms with Crippen LogP contribution in [0.4, 0.5) is 0 Å². The Morgan fingerprint density at radius 1 is 1.54 bits per heavy atom. The van der Waals surface area contributed by atoms with E-state index in [-0.39, 0.29) is 0 Å². The van der Waals surface area contributed by atoms with Crippen molar-refractivity contribution in [3.05, 3.63) is 28.7 Å². The van der Waals surface area contributed by atoms with Gasteiger partial charge in [-0.1, -0.05) is 28.9 Å². The lowest BCUT2D eigenvalue weighted by molar-refractivity contribution is 0.273. The van der Waals surface area contributed by atoms with Crippen molar-refractivity contribution in [1.82, 2.24) is 0 Å². The topological polar surface area (TPSA) is 9.23 Å². The first-order valence-electron chi connectivity index (χ1n) is 4.21. The van der Waals surface area contributed by atoms with Crippen LogP contribution in [0.15, 0.2) is 28.7 Å². The number of thiol groups is 1. The molecule has 0 amide bonds. The molecule has 1 aromatic rings. The molecule has 0 aliphatic rings. The van der Waals surface area contributed by atoms with Gasteiger partial charge in [-0.2, -0.15) is 12.6 Å². The maximum absolute atomic E-state index is 5.56. The van der Waals surface area contributed by atoms with Crippen molar-refractivity contribution in [3.63, 3.8) is 0 Å². The Bertz CT molecular complexity index is 265. The van der Waals surface area contributed by atoms with E-state index in [2.05, 4.69) is 35.5 Å². The zero-order valence-corrected chi connectivity index (χ0v) is 10.0. The Labute approximate surface area is 93.0 Å². The smallest absolute Gasteiger partial charge is 0.120 e. The molecule has 0 saturated heterocycles. The van der Waals surface area contributed by atoms with Crippen LogP contribution < -0.4 is 4.74 Å². The molecule has 3 heteroatoms. The van der Waals surface area contributed by atoms with Crippen LogP contribution >= 0.6 is 28.6 Å². The molecule has 0 aliphatic heterocycles. The van der Waals surface area contributed by atoms with Gasteiger partial charge in [-0.3, -0.25) is 0 Å². The summed E-state index contributed by atoms with van der Waals surface area (Å²) in [5.41, 5.74) is 0. The fourth-order valence-corrected chi connectivity index (χ4v) is 1.33. The van der Waals surface area contributed by atoms with Crippen molar-refractivity contribution in [3.8, 4) is 5.75 Å². The summed E-state index contributed by atoms with van der Waals surface area (Å²) in [6.07, 6.45) is 0. The van der Waals surface area contributed by atoms with Gasteiger partial charge in [0.05, 0.1) is 6.61 Å². The second-order valence-corrected chi connectivity index (χ2v) is 4.34. The van der Waals surface area contributed by atoms with Gasteiger partial charge >= 0.3 is 0 Å². The van der Waals surface area contributed by atoms with Gasteiger partial charge in [0, 0.05) is 4.47 Å². The van der Waals surface area contributed by atoms with E-state index in [4.69, 9.17) is 4.74 Å². The van der Waals surface area contributed by atoms with Crippen LogP contribution in [0.2, 0.25) is 0 Å². The second kappa shape index (κ2) is 5.55. The molecule has 0 saturated carbocycles. The van der Waals surface area contributed by atoms with Gasteiger partial charge in [0.2, 0.25) is 0 Å². The van der Waals surface area contributed by atoms with Gasteiger partial charge in [0.25, 0.3) is 0 Å². The number of halogens is 1. The molecule has 0 fully saturated rings. The zero-order valence-electron chi connectivity index (χ0n) is 7.53. The highest BCUT2D eigenvalue weighted by molar-refractivity contribution is 9.10. The van der Waals surface area contributed by atoms with E-state index < -0.39 is 0 Å². The van der Waals surface area contributed by atoms with Crippen LogP contribution in [0, 0.1) is 5.92 Å². The average Bonchev–Trinajstić information content (AvgIpc) is 2.14. The third kappa shape index (κ3) is 4.05. The van der Waals surface area contributed by atoms with E-state index >= 15 is 0 Å². The monoisotopic (exact) mass is 260 g/mol. The molecule has 0 aliphatic carbocycles. The van der Waals surface area contributed by atoms with Gasteiger partial charge in [-0.15, -0.1) is 0 Å². The minimum Gasteiger partial charge on any atom is -0.493 e. The Balaban J connectivity index is 2.45. The quantitative estimate of drug-likeness (QED) is 0.817.